The zero-order chi connectivity index (χ0) is 19.4. The van der Waals surface area contributed by atoms with Crippen molar-refractivity contribution in [2.75, 3.05) is 10.6 Å². The van der Waals surface area contributed by atoms with Crippen molar-refractivity contribution in [1.29, 1.82) is 0 Å². The van der Waals surface area contributed by atoms with Gasteiger partial charge >= 0.3 is 5.69 Å². The highest BCUT2D eigenvalue weighted by Gasteiger charge is 2.17. The number of aryl methyl sites for hydroxylation is 2. The van der Waals surface area contributed by atoms with Crippen molar-refractivity contribution in [3.8, 4) is 5.69 Å². The molecule has 0 fully saturated rings. The summed E-state index contributed by atoms with van der Waals surface area (Å²) in [5, 5.41) is 0. The fourth-order valence-electron chi connectivity index (χ4n) is 2.82. The molecule has 0 aliphatic carbocycles. The minimum atomic E-state index is -3.79. The van der Waals surface area contributed by atoms with Gasteiger partial charge in [-0.15, -0.1) is 11.6 Å². The highest BCUT2D eigenvalue weighted by atomic mass is 35.5. The zero-order valence-electron chi connectivity index (χ0n) is 14.8. The van der Waals surface area contributed by atoms with Crippen LogP contribution in [0, 0.1) is 6.92 Å². The predicted molar refractivity (Wildman–Crippen MR) is 107 cm³/mol. The van der Waals surface area contributed by atoms with Crippen molar-refractivity contribution in [3.63, 3.8) is 0 Å². The molecule has 1 aromatic heterocycles. The molecule has 0 saturated heterocycles. The van der Waals surface area contributed by atoms with Crippen molar-refractivity contribution in [2.24, 2.45) is 0 Å². The second-order valence-corrected chi connectivity index (χ2v) is 8.19. The van der Waals surface area contributed by atoms with Crippen molar-refractivity contribution in [3.05, 3.63) is 76.5 Å². The third-order valence-corrected chi connectivity index (χ3v) is 5.83. The van der Waals surface area contributed by atoms with Gasteiger partial charge in [-0.3, -0.25) is 9.29 Å². The lowest BCUT2D eigenvalue weighted by molar-refractivity contribution is 0.601. The third-order valence-electron chi connectivity index (χ3n) is 4.18. The van der Waals surface area contributed by atoms with E-state index in [-0.39, 0.29) is 10.6 Å². The predicted octanol–water partition coefficient (Wildman–Crippen LogP) is 3.45. The Morgan fingerprint density at radius 3 is 2.44 bits per heavy atom. The molecule has 6 nitrogen and oxygen atoms in total. The Kier molecular flexibility index (Phi) is 5.72. The molecule has 0 unspecified atom stereocenters. The van der Waals surface area contributed by atoms with Crippen LogP contribution in [0.3, 0.4) is 0 Å². The molecule has 0 bridgehead atoms. The first-order valence-electron chi connectivity index (χ1n) is 8.46. The summed E-state index contributed by atoms with van der Waals surface area (Å²) in [4.78, 5) is 14.8. The lowest BCUT2D eigenvalue weighted by atomic mass is 10.1. The van der Waals surface area contributed by atoms with E-state index < -0.39 is 10.0 Å². The van der Waals surface area contributed by atoms with Gasteiger partial charge in [-0.2, -0.15) is 0 Å². The van der Waals surface area contributed by atoms with Gasteiger partial charge in [-0.1, -0.05) is 24.3 Å². The van der Waals surface area contributed by atoms with E-state index in [0.29, 0.717) is 22.9 Å². The normalized spacial score (nSPS) is 11.5. The molecule has 0 atom stereocenters. The Bertz CT molecular complexity index is 1090. The molecule has 8 heteroatoms. The molecule has 0 saturated carbocycles. The smallest absolute Gasteiger partial charge is 0.312 e. The lowest BCUT2D eigenvalue weighted by Crippen LogP contribution is -2.20. The molecule has 3 rings (SSSR count). The van der Waals surface area contributed by atoms with Crippen LogP contribution in [0.5, 0.6) is 0 Å². The topological polar surface area (TPSA) is 84.0 Å². The second kappa shape index (κ2) is 8.02. The molecule has 0 radical (unpaired) electrons. The number of aromatic amines is 1. The van der Waals surface area contributed by atoms with Gasteiger partial charge in [0.25, 0.3) is 10.0 Å². The van der Waals surface area contributed by atoms with Gasteiger partial charge in [-0.25, -0.2) is 13.2 Å². The van der Waals surface area contributed by atoms with Crippen molar-refractivity contribution in [2.45, 2.75) is 24.7 Å². The van der Waals surface area contributed by atoms with Gasteiger partial charge in [0.2, 0.25) is 0 Å². The number of nitrogens with one attached hydrogen (secondary N) is 2. The van der Waals surface area contributed by atoms with Crippen LogP contribution in [0.1, 0.15) is 17.7 Å². The van der Waals surface area contributed by atoms with E-state index in [1.807, 2.05) is 0 Å². The van der Waals surface area contributed by atoms with Gasteiger partial charge < -0.3 is 4.98 Å². The quantitative estimate of drug-likeness (QED) is 0.590. The van der Waals surface area contributed by atoms with Crippen LogP contribution in [0.15, 0.2) is 64.4 Å². The molecule has 0 spiro atoms. The molecule has 0 amide bonds. The molecule has 0 aliphatic heterocycles. The van der Waals surface area contributed by atoms with E-state index in [0.717, 1.165) is 18.4 Å². The number of alkyl halides is 1. The molecule has 142 valence electrons. The maximum Gasteiger partial charge on any atom is 0.330 e. The Morgan fingerprint density at radius 2 is 1.81 bits per heavy atom. The molecule has 2 aromatic carbocycles. The maximum absolute atomic E-state index is 12.8. The Morgan fingerprint density at radius 1 is 1.11 bits per heavy atom. The number of H-pyrrole nitrogens is 1. The largest absolute Gasteiger partial charge is 0.330 e. The third kappa shape index (κ3) is 4.26. The summed E-state index contributed by atoms with van der Waals surface area (Å²) < 4.78 is 29.6. The lowest BCUT2D eigenvalue weighted by Gasteiger charge is -2.14. The number of hydrogen-bond donors (Lipinski definition) is 2. The van der Waals surface area contributed by atoms with Crippen molar-refractivity contribution >= 4 is 27.3 Å². The summed E-state index contributed by atoms with van der Waals surface area (Å²) in [7, 11) is -3.79. The van der Waals surface area contributed by atoms with Crippen LogP contribution in [-0.4, -0.2) is 23.8 Å². The monoisotopic (exact) mass is 405 g/mol. The van der Waals surface area contributed by atoms with E-state index in [9.17, 15) is 13.2 Å². The summed E-state index contributed by atoms with van der Waals surface area (Å²) >= 11 is 5.69. The summed E-state index contributed by atoms with van der Waals surface area (Å²) in [6.07, 6.45) is 3.22. The number of benzene rings is 2. The number of para-hydroxylation sites is 2. The molecular weight excluding hydrogens is 386 g/mol. The van der Waals surface area contributed by atoms with E-state index >= 15 is 0 Å². The average Bonchev–Trinajstić information content (AvgIpc) is 2.99. The number of halogens is 1. The maximum atomic E-state index is 12.8. The van der Waals surface area contributed by atoms with Crippen LogP contribution < -0.4 is 10.4 Å². The first-order valence-corrected chi connectivity index (χ1v) is 10.5. The Hall–Kier alpha value is -2.51. The van der Waals surface area contributed by atoms with Gasteiger partial charge in [-0.05, 0) is 49.6 Å². The number of anilines is 1. The van der Waals surface area contributed by atoms with E-state index in [1.54, 1.807) is 61.7 Å². The zero-order valence-corrected chi connectivity index (χ0v) is 16.3. The molecular formula is C19H20ClN3O3S. The van der Waals surface area contributed by atoms with Crippen LogP contribution in [-0.2, 0) is 16.4 Å². The Labute approximate surface area is 162 Å². The summed E-state index contributed by atoms with van der Waals surface area (Å²) in [6, 6.07) is 13.5. The molecule has 0 aliphatic rings. The standard InChI is InChI=1S/C19H20ClN3O3S/c1-14-13-21-19(24)23(14)18-7-3-2-6-17(18)22-27(25,26)16-10-8-15(9-11-16)5-4-12-20/h2-3,6-11,13,22H,4-5,12H2,1H3,(H,21,24). The van der Waals surface area contributed by atoms with E-state index in [2.05, 4.69) is 9.71 Å². The number of rotatable bonds is 7. The molecule has 2 N–H and O–H groups in total. The second-order valence-electron chi connectivity index (χ2n) is 6.13. The first kappa shape index (κ1) is 19.3. The fourth-order valence-corrected chi connectivity index (χ4v) is 4.03. The van der Waals surface area contributed by atoms with Crippen molar-refractivity contribution in [1.82, 2.24) is 9.55 Å². The minimum Gasteiger partial charge on any atom is -0.312 e. The van der Waals surface area contributed by atoms with Crippen LogP contribution >= 0.6 is 11.6 Å². The number of hydrogen-bond acceptors (Lipinski definition) is 3. The SMILES string of the molecule is Cc1c[nH]c(=O)n1-c1ccccc1NS(=O)(=O)c1ccc(CCCCl)cc1. The first-order chi connectivity index (χ1) is 12.9. The highest BCUT2D eigenvalue weighted by molar-refractivity contribution is 7.92. The minimum absolute atomic E-state index is 0.157. The van der Waals surface area contributed by atoms with Crippen LogP contribution in [0.25, 0.3) is 5.69 Å². The summed E-state index contributed by atoms with van der Waals surface area (Å²) in [5.41, 5.74) is 2.17. The average molecular weight is 406 g/mol. The number of sulfonamides is 1. The fraction of sp³-hybridized carbons (Fsp3) is 0.211. The number of imidazole rings is 1. The molecule has 3 aromatic rings. The number of nitrogens with zero attached hydrogens (tertiary/aromatic N) is 1. The van der Waals surface area contributed by atoms with Gasteiger partial charge in [0.1, 0.15) is 0 Å². The van der Waals surface area contributed by atoms with Crippen LogP contribution in [0.4, 0.5) is 5.69 Å². The highest BCUT2D eigenvalue weighted by Crippen LogP contribution is 2.23. The number of aromatic nitrogens is 2. The van der Waals surface area contributed by atoms with Gasteiger partial charge in [0.15, 0.2) is 0 Å². The van der Waals surface area contributed by atoms with Crippen LogP contribution in [0.2, 0.25) is 0 Å². The summed E-state index contributed by atoms with van der Waals surface area (Å²) in [6.45, 7) is 1.77. The van der Waals surface area contributed by atoms with Gasteiger partial charge in [0, 0.05) is 17.8 Å². The molecule has 1 heterocycles. The van der Waals surface area contributed by atoms with E-state index in [1.165, 1.54) is 4.57 Å². The summed E-state index contributed by atoms with van der Waals surface area (Å²) in [5.74, 6) is 0.566. The van der Waals surface area contributed by atoms with Crippen molar-refractivity contribution < 1.29 is 8.42 Å². The van der Waals surface area contributed by atoms with E-state index in [4.69, 9.17) is 11.6 Å². The Balaban J connectivity index is 1.92. The molecule has 27 heavy (non-hydrogen) atoms. The van der Waals surface area contributed by atoms with Gasteiger partial charge in [0.05, 0.1) is 16.3 Å².